The molecule has 6 nitrogen and oxygen atoms in total. The number of aliphatic carboxylic acids is 1. The fraction of sp³-hybridized carbons (Fsp3) is 0.455. The Labute approximate surface area is 99.6 Å². The number of nitrogens with one attached hydrogen (secondary N) is 2. The van der Waals surface area contributed by atoms with Crippen LogP contribution in [-0.4, -0.2) is 53.5 Å². The highest BCUT2D eigenvalue weighted by molar-refractivity contribution is 6.00. The number of aromatic amines is 1. The number of amides is 1. The van der Waals surface area contributed by atoms with Gasteiger partial charge in [-0.05, 0) is 25.1 Å². The molecule has 1 unspecified atom stereocenters. The van der Waals surface area contributed by atoms with E-state index in [-0.39, 0.29) is 0 Å². The Kier molecular flexibility index (Phi) is 4.71. The first-order valence-electron chi connectivity index (χ1n) is 5.33. The van der Waals surface area contributed by atoms with Crippen molar-refractivity contribution in [3.63, 3.8) is 0 Å². The maximum Gasteiger partial charge on any atom is 0.330 e. The second-order valence-electron chi connectivity index (χ2n) is 3.79. The molecule has 3 N–H and O–H groups in total. The lowest BCUT2D eigenvalue weighted by Gasteiger charge is -2.20. The summed E-state index contributed by atoms with van der Waals surface area (Å²) in [4.78, 5) is 26.9. The summed E-state index contributed by atoms with van der Waals surface area (Å²) in [6.07, 6.45) is 4.36. The van der Waals surface area contributed by atoms with Gasteiger partial charge in [0.1, 0.15) is 0 Å². The molecule has 6 heteroatoms. The van der Waals surface area contributed by atoms with Crippen molar-refractivity contribution in [3.05, 3.63) is 24.0 Å². The first-order chi connectivity index (χ1) is 8.06. The number of H-pyrrole nitrogens is 1. The van der Waals surface area contributed by atoms with E-state index in [0.29, 0.717) is 13.0 Å². The van der Waals surface area contributed by atoms with Crippen molar-refractivity contribution in [2.24, 2.45) is 0 Å². The van der Waals surface area contributed by atoms with Crippen LogP contribution in [0.5, 0.6) is 0 Å². The second-order valence-corrected chi connectivity index (χ2v) is 3.79. The van der Waals surface area contributed by atoms with Gasteiger partial charge in [-0.25, -0.2) is 4.79 Å². The second kappa shape index (κ2) is 6.05. The number of carbonyl (C=O) groups is 2. The zero-order chi connectivity index (χ0) is 12.8. The molecule has 0 saturated carbocycles. The van der Waals surface area contributed by atoms with E-state index in [9.17, 15) is 9.59 Å². The number of hydrogen-bond donors (Lipinski definition) is 3. The summed E-state index contributed by atoms with van der Waals surface area (Å²) in [5.41, 5.74) is 1.08. The van der Waals surface area contributed by atoms with Crippen molar-refractivity contribution >= 4 is 11.9 Å². The lowest BCUT2D eigenvalue weighted by Crippen LogP contribution is -2.48. The van der Waals surface area contributed by atoms with Crippen LogP contribution < -0.4 is 5.32 Å². The van der Waals surface area contributed by atoms with Crippen molar-refractivity contribution in [1.29, 1.82) is 0 Å². The van der Waals surface area contributed by atoms with Gasteiger partial charge in [0.05, 0.1) is 0 Å². The summed E-state index contributed by atoms with van der Waals surface area (Å²) in [6.45, 7) is 0.488. The highest BCUT2D eigenvalue weighted by Crippen LogP contribution is 2.00. The Balaban J connectivity index is 2.49. The third-order valence-electron chi connectivity index (χ3n) is 2.56. The van der Waals surface area contributed by atoms with E-state index in [1.807, 2.05) is 18.5 Å². The van der Waals surface area contributed by atoms with E-state index in [2.05, 4.69) is 10.3 Å². The van der Waals surface area contributed by atoms with Gasteiger partial charge < -0.3 is 15.0 Å². The third kappa shape index (κ3) is 3.60. The highest BCUT2D eigenvalue weighted by atomic mass is 16.4. The van der Waals surface area contributed by atoms with Gasteiger partial charge in [0, 0.05) is 26.0 Å². The van der Waals surface area contributed by atoms with Crippen LogP contribution in [-0.2, 0) is 16.0 Å². The molecule has 0 aliphatic carbocycles. The summed E-state index contributed by atoms with van der Waals surface area (Å²) >= 11 is 0. The minimum absolute atomic E-state index is 0.435. The molecule has 0 aromatic carbocycles. The maximum absolute atomic E-state index is 11.8. The minimum Gasteiger partial charge on any atom is -0.480 e. The van der Waals surface area contributed by atoms with Gasteiger partial charge >= 0.3 is 5.97 Å². The summed E-state index contributed by atoms with van der Waals surface area (Å²) in [5.74, 6) is -1.60. The summed E-state index contributed by atoms with van der Waals surface area (Å²) in [6, 6.07) is 0.747. The monoisotopic (exact) mass is 239 g/mol. The predicted molar refractivity (Wildman–Crippen MR) is 62.6 cm³/mol. The van der Waals surface area contributed by atoms with Crippen molar-refractivity contribution < 1.29 is 14.7 Å². The number of hydrogen-bond acceptors (Lipinski definition) is 3. The molecule has 0 fully saturated rings. The van der Waals surface area contributed by atoms with Crippen LogP contribution in [0.2, 0.25) is 0 Å². The van der Waals surface area contributed by atoms with Gasteiger partial charge in [0.2, 0.25) is 0 Å². The zero-order valence-corrected chi connectivity index (χ0v) is 9.93. The fourth-order valence-corrected chi connectivity index (χ4v) is 1.49. The average molecular weight is 239 g/mol. The molecule has 1 aromatic heterocycles. The number of rotatable bonds is 6. The molecule has 0 radical (unpaired) electrons. The normalized spacial score (nSPS) is 12.1. The molecule has 1 atom stereocenters. The van der Waals surface area contributed by atoms with Crippen molar-refractivity contribution in [2.45, 2.75) is 12.5 Å². The smallest absolute Gasteiger partial charge is 0.330 e. The Morgan fingerprint density at radius 1 is 1.59 bits per heavy atom. The number of carboxylic acid groups (broad SMARTS) is 1. The van der Waals surface area contributed by atoms with Gasteiger partial charge in [-0.1, -0.05) is 0 Å². The largest absolute Gasteiger partial charge is 0.480 e. The van der Waals surface area contributed by atoms with Crippen LogP contribution in [0.1, 0.15) is 5.56 Å². The Morgan fingerprint density at radius 2 is 2.29 bits per heavy atom. The quantitative estimate of drug-likeness (QED) is 0.594. The van der Waals surface area contributed by atoms with Crippen LogP contribution in [0.15, 0.2) is 18.5 Å². The summed E-state index contributed by atoms with van der Waals surface area (Å²) < 4.78 is 0. The van der Waals surface area contributed by atoms with Crippen molar-refractivity contribution in [2.75, 3.05) is 20.6 Å². The number of likely N-dealkylation sites (N-methyl/N-ethyl adjacent to an activating group) is 2. The summed E-state index contributed by atoms with van der Waals surface area (Å²) in [7, 11) is 3.05. The van der Waals surface area contributed by atoms with E-state index >= 15 is 0 Å². The highest BCUT2D eigenvalue weighted by Gasteiger charge is 2.26. The molecule has 0 aliphatic heterocycles. The van der Waals surface area contributed by atoms with Crippen LogP contribution in [0.25, 0.3) is 0 Å². The predicted octanol–water partition coefficient (Wildman–Crippen LogP) is -0.312. The molecule has 1 aromatic rings. The fourth-order valence-electron chi connectivity index (χ4n) is 1.49. The Hall–Kier alpha value is -1.82. The molecular formula is C11H17N3O3. The van der Waals surface area contributed by atoms with Crippen LogP contribution >= 0.6 is 0 Å². The zero-order valence-electron chi connectivity index (χ0n) is 9.93. The average Bonchev–Trinajstić information content (AvgIpc) is 2.78. The van der Waals surface area contributed by atoms with E-state index in [0.717, 1.165) is 5.56 Å². The van der Waals surface area contributed by atoms with E-state index in [1.54, 1.807) is 7.05 Å². The van der Waals surface area contributed by atoms with E-state index in [4.69, 9.17) is 5.11 Å². The number of carboxylic acids is 1. The molecule has 0 spiro atoms. The van der Waals surface area contributed by atoms with Gasteiger partial charge in [0.25, 0.3) is 5.91 Å². The molecule has 17 heavy (non-hydrogen) atoms. The number of aromatic nitrogens is 1. The molecule has 0 saturated heterocycles. The third-order valence-corrected chi connectivity index (χ3v) is 2.56. The van der Waals surface area contributed by atoms with E-state index < -0.39 is 17.9 Å². The minimum atomic E-state index is -1.17. The lowest BCUT2D eigenvalue weighted by molar-refractivity contribution is -0.147. The standard InChI is InChI=1S/C11H17N3O3/c1-12-9(11(16)17)10(15)14(2)6-4-8-3-5-13-7-8/h3,5,7,9,12-13H,4,6H2,1-2H3,(H,16,17). The molecule has 0 aliphatic rings. The van der Waals surface area contributed by atoms with Gasteiger partial charge in [0.15, 0.2) is 6.04 Å². The van der Waals surface area contributed by atoms with Gasteiger partial charge in [-0.2, -0.15) is 0 Å². The first-order valence-corrected chi connectivity index (χ1v) is 5.33. The maximum atomic E-state index is 11.8. The molecule has 94 valence electrons. The molecular weight excluding hydrogens is 222 g/mol. The summed E-state index contributed by atoms with van der Waals surface area (Å²) in [5, 5.41) is 11.3. The SMILES string of the molecule is CNC(C(=O)O)C(=O)N(C)CCc1cc[nH]c1. The van der Waals surface area contributed by atoms with Crippen LogP contribution in [0.4, 0.5) is 0 Å². The van der Waals surface area contributed by atoms with E-state index in [1.165, 1.54) is 11.9 Å². The van der Waals surface area contributed by atoms with Gasteiger partial charge in [-0.3, -0.25) is 10.1 Å². The van der Waals surface area contributed by atoms with Crippen LogP contribution in [0.3, 0.4) is 0 Å². The van der Waals surface area contributed by atoms with Crippen molar-refractivity contribution in [3.8, 4) is 0 Å². The van der Waals surface area contributed by atoms with Gasteiger partial charge in [-0.15, -0.1) is 0 Å². The number of nitrogens with zero attached hydrogens (tertiary/aromatic N) is 1. The molecule has 1 rings (SSSR count). The Bertz CT molecular complexity index is 375. The molecule has 0 bridgehead atoms. The molecule has 1 heterocycles. The van der Waals surface area contributed by atoms with Crippen LogP contribution in [0, 0.1) is 0 Å². The molecule has 1 amide bonds. The topological polar surface area (TPSA) is 85.4 Å². The number of carbonyl (C=O) groups excluding carboxylic acids is 1. The van der Waals surface area contributed by atoms with Crippen molar-refractivity contribution in [1.82, 2.24) is 15.2 Å². The lowest BCUT2D eigenvalue weighted by atomic mass is 10.2. The first kappa shape index (κ1) is 13.2. The Morgan fingerprint density at radius 3 is 2.76 bits per heavy atom.